The van der Waals surface area contributed by atoms with Crippen molar-refractivity contribution in [3.63, 3.8) is 0 Å². The second kappa shape index (κ2) is 3.85. The Morgan fingerprint density at radius 2 is 1.94 bits per heavy atom. The number of rotatable bonds is 1. The SMILES string of the molecule is Cc1ccc2c(=O)c(S(=O)(=O)Cl)cn(C)c2c1. The van der Waals surface area contributed by atoms with Gasteiger partial charge in [0.25, 0.3) is 9.05 Å². The van der Waals surface area contributed by atoms with Crippen LogP contribution in [0.25, 0.3) is 10.9 Å². The molecule has 4 nitrogen and oxygen atoms in total. The quantitative estimate of drug-likeness (QED) is 0.743. The number of nitrogens with zero attached hydrogens (tertiary/aromatic N) is 1. The van der Waals surface area contributed by atoms with Crippen LogP contribution >= 0.6 is 10.7 Å². The van der Waals surface area contributed by atoms with Crippen molar-refractivity contribution in [2.45, 2.75) is 11.8 Å². The molecular weight excluding hydrogens is 262 g/mol. The smallest absolute Gasteiger partial charge is 0.266 e. The van der Waals surface area contributed by atoms with Crippen LogP contribution in [0.2, 0.25) is 0 Å². The third-order valence-corrected chi connectivity index (χ3v) is 3.89. The highest BCUT2D eigenvalue weighted by molar-refractivity contribution is 8.13. The molecule has 17 heavy (non-hydrogen) atoms. The predicted octanol–water partition coefficient (Wildman–Crippen LogP) is 1.77. The minimum absolute atomic E-state index is 0.347. The summed E-state index contributed by atoms with van der Waals surface area (Å²) in [6, 6.07) is 5.19. The zero-order valence-electron chi connectivity index (χ0n) is 9.27. The monoisotopic (exact) mass is 271 g/mol. The Labute approximate surface area is 103 Å². The lowest BCUT2D eigenvalue weighted by molar-refractivity contribution is 0.608. The Balaban J connectivity index is 3.02. The summed E-state index contributed by atoms with van der Waals surface area (Å²) in [5.74, 6) is 0. The Kier molecular flexibility index (Phi) is 2.75. The van der Waals surface area contributed by atoms with Gasteiger partial charge >= 0.3 is 0 Å². The molecule has 1 aromatic carbocycles. The van der Waals surface area contributed by atoms with Crippen molar-refractivity contribution in [3.8, 4) is 0 Å². The number of fused-ring (bicyclic) bond motifs is 1. The van der Waals surface area contributed by atoms with Gasteiger partial charge in [-0.05, 0) is 24.6 Å². The molecule has 2 aromatic rings. The summed E-state index contributed by atoms with van der Waals surface area (Å²) in [5, 5.41) is 0.347. The average Bonchev–Trinajstić information content (AvgIpc) is 2.21. The molecule has 0 aliphatic heterocycles. The number of benzene rings is 1. The molecule has 0 N–H and O–H groups in total. The van der Waals surface area contributed by atoms with E-state index in [1.807, 2.05) is 13.0 Å². The lowest BCUT2D eigenvalue weighted by Crippen LogP contribution is -2.15. The standard InChI is InChI=1S/C11H10ClNO3S/c1-7-3-4-8-9(5-7)13(2)6-10(11(8)14)17(12,15)16/h3-6H,1-2H3. The molecule has 0 spiro atoms. The molecule has 0 atom stereocenters. The van der Waals surface area contributed by atoms with E-state index in [4.69, 9.17) is 10.7 Å². The minimum Gasteiger partial charge on any atom is -0.349 e. The first-order chi connectivity index (χ1) is 7.80. The van der Waals surface area contributed by atoms with E-state index in [0.29, 0.717) is 10.9 Å². The molecular formula is C11H10ClNO3S. The third-order valence-electron chi connectivity index (χ3n) is 2.58. The van der Waals surface area contributed by atoms with Crippen molar-refractivity contribution in [3.05, 3.63) is 40.2 Å². The fourth-order valence-electron chi connectivity index (χ4n) is 1.74. The molecule has 1 aromatic heterocycles. The molecule has 2 rings (SSSR count). The van der Waals surface area contributed by atoms with Gasteiger partial charge in [0, 0.05) is 29.3 Å². The second-order valence-corrected chi connectivity index (χ2v) is 6.43. The van der Waals surface area contributed by atoms with Crippen molar-refractivity contribution in [2.24, 2.45) is 7.05 Å². The van der Waals surface area contributed by atoms with Crippen LogP contribution < -0.4 is 5.43 Å². The molecule has 6 heteroatoms. The maximum atomic E-state index is 12.0. The van der Waals surface area contributed by atoms with E-state index < -0.39 is 19.4 Å². The van der Waals surface area contributed by atoms with E-state index in [2.05, 4.69) is 0 Å². The molecule has 0 bridgehead atoms. The first-order valence-electron chi connectivity index (χ1n) is 4.85. The molecule has 0 saturated heterocycles. The van der Waals surface area contributed by atoms with Crippen molar-refractivity contribution in [1.29, 1.82) is 0 Å². The summed E-state index contributed by atoms with van der Waals surface area (Å²) in [7, 11) is 2.88. The lowest BCUT2D eigenvalue weighted by Gasteiger charge is -2.07. The first kappa shape index (κ1) is 12.1. The Morgan fingerprint density at radius 3 is 2.53 bits per heavy atom. The predicted molar refractivity (Wildman–Crippen MR) is 67.0 cm³/mol. The van der Waals surface area contributed by atoms with E-state index in [1.165, 1.54) is 6.20 Å². The van der Waals surface area contributed by atoms with Gasteiger partial charge in [0.05, 0.1) is 5.52 Å². The average molecular weight is 272 g/mol. The summed E-state index contributed by atoms with van der Waals surface area (Å²) in [6.07, 6.45) is 1.24. The third kappa shape index (κ3) is 2.08. The first-order valence-corrected chi connectivity index (χ1v) is 7.16. The van der Waals surface area contributed by atoms with E-state index in [9.17, 15) is 13.2 Å². The summed E-state index contributed by atoms with van der Waals surface area (Å²) in [4.78, 5) is 11.6. The van der Waals surface area contributed by atoms with Crippen LogP contribution in [0.5, 0.6) is 0 Å². The van der Waals surface area contributed by atoms with E-state index in [-0.39, 0.29) is 0 Å². The molecule has 0 saturated carbocycles. The zero-order chi connectivity index (χ0) is 12.8. The number of aryl methyl sites for hydroxylation is 2. The van der Waals surface area contributed by atoms with Crippen LogP contribution in [0.3, 0.4) is 0 Å². The molecule has 0 unspecified atom stereocenters. The molecule has 0 amide bonds. The highest BCUT2D eigenvalue weighted by Crippen LogP contribution is 2.17. The van der Waals surface area contributed by atoms with Gasteiger partial charge in [-0.1, -0.05) is 6.07 Å². The van der Waals surface area contributed by atoms with Crippen molar-refractivity contribution < 1.29 is 8.42 Å². The van der Waals surface area contributed by atoms with Gasteiger partial charge in [0.2, 0.25) is 5.43 Å². The maximum absolute atomic E-state index is 12.0. The van der Waals surface area contributed by atoms with Gasteiger partial charge in [0.15, 0.2) is 0 Å². The van der Waals surface area contributed by atoms with Crippen LogP contribution in [0.1, 0.15) is 5.56 Å². The van der Waals surface area contributed by atoms with E-state index >= 15 is 0 Å². The van der Waals surface area contributed by atoms with E-state index in [0.717, 1.165) is 5.56 Å². The molecule has 0 aliphatic rings. The number of halogens is 1. The van der Waals surface area contributed by atoms with Gasteiger partial charge in [-0.2, -0.15) is 0 Å². The van der Waals surface area contributed by atoms with Crippen LogP contribution in [-0.4, -0.2) is 13.0 Å². The van der Waals surface area contributed by atoms with Gasteiger partial charge in [-0.15, -0.1) is 0 Å². The summed E-state index contributed by atoms with van der Waals surface area (Å²) >= 11 is 0. The van der Waals surface area contributed by atoms with Gasteiger partial charge in [-0.25, -0.2) is 8.42 Å². The van der Waals surface area contributed by atoms with Gasteiger partial charge in [0.1, 0.15) is 4.90 Å². The molecule has 1 heterocycles. The number of pyridine rings is 1. The van der Waals surface area contributed by atoms with Crippen molar-refractivity contribution >= 4 is 30.6 Å². The fraction of sp³-hybridized carbons (Fsp3) is 0.182. The molecule has 0 aliphatic carbocycles. The summed E-state index contributed by atoms with van der Waals surface area (Å²) in [5.41, 5.74) is 1.11. The van der Waals surface area contributed by atoms with Crippen LogP contribution in [0.4, 0.5) is 0 Å². The lowest BCUT2D eigenvalue weighted by atomic mass is 10.1. The number of aromatic nitrogens is 1. The highest BCUT2D eigenvalue weighted by atomic mass is 35.7. The van der Waals surface area contributed by atoms with Crippen LogP contribution in [0, 0.1) is 6.92 Å². The molecule has 0 radical (unpaired) electrons. The minimum atomic E-state index is -4.02. The van der Waals surface area contributed by atoms with Crippen LogP contribution in [-0.2, 0) is 16.1 Å². The Bertz CT molecular complexity index is 762. The molecule has 0 fully saturated rings. The highest BCUT2D eigenvalue weighted by Gasteiger charge is 2.17. The van der Waals surface area contributed by atoms with Crippen molar-refractivity contribution in [2.75, 3.05) is 0 Å². The molecule has 90 valence electrons. The van der Waals surface area contributed by atoms with Crippen molar-refractivity contribution in [1.82, 2.24) is 4.57 Å². The maximum Gasteiger partial charge on any atom is 0.266 e. The zero-order valence-corrected chi connectivity index (χ0v) is 10.8. The van der Waals surface area contributed by atoms with Gasteiger partial charge < -0.3 is 4.57 Å². The largest absolute Gasteiger partial charge is 0.349 e. The number of hydrogen-bond donors (Lipinski definition) is 0. The Morgan fingerprint density at radius 1 is 1.29 bits per heavy atom. The summed E-state index contributed by atoms with van der Waals surface area (Å²) < 4.78 is 24.1. The number of hydrogen-bond acceptors (Lipinski definition) is 3. The van der Waals surface area contributed by atoms with E-state index in [1.54, 1.807) is 23.7 Å². The van der Waals surface area contributed by atoms with Gasteiger partial charge in [-0.3, -0.25) is 4.79 Å². The topological polar surface area (TPSA) is 56.1 Å². The summed E-state index contributed by atoms with van der Waals surface area (Å²) in [6.45, 7) is 1.90. The second-order valence-electron chi connectivity index (χ2n) is 3.89. The Hall–Kier alpha value is -1.33. The fourth-order valence-corrected chi connectivity index (χ4v) is 2.68. The normalized spacial score (nSPS) is 11.9. The van der Waals surface area contributed by atoms with Crippen LogP contribution in [0.15, 0.2) is 34.1 Å².